The van der Waals surface area contributed by atoms with Gasteiger partial charge in [-0.25, -0.2) is 0 Å². The molecule has 1 aromatic heterocycles. The molecule has 0 saturated heterocycles. The van der Waals surface area contributed by atoms with Gasteiger partial charge in [0.25, 0.3) is 5.91 Å². The van der Waals surface area contributed by atoms with E-state index in [4.69, 9.17) is 0 Å². The summed E-state index contributed by atoms with van der Waals surface area (Å²) in [5.41, 5.74) is 2.18. The number of nitrogens with zero attached hydrogens (tertiary/aromatic N) is 2. The van der Waals surface area contributed by atoms with Gasteiger partial charge in [0.15, 0.2) is 0 Å². The Balaban J connectivity index is 2.21. The van der Waals surface area contributed by atoms with E-state index in [1.807, 2.05) is 24.3 Å². The molecule has 0 aliphatic rings. The number of phenolic OH excluding ortho intramolecular Hbond substituents is 1. The highest BCUT2D eigenvalue weighted by atomic mass is 16.3. The van der Waals surface area contributed by atoms with Gasteiger partial charge < -0.3 is 10.0 Å². The molecule has 1 N–H and O–H groups in total. The number of phenols is 1. The maximum absolute atomic E-state index is 12.5. The molecule has 0 unspecified atom stereocenters. The number of carbonyl (C=O) groups excluding carboxylic acids is 1. The summed E-state index contributed by atoms with van der Waals surface area (Å²) in [4.78, 5) is 18.2. The second-order valence-corrected chi connectivity index (χ2v) is 5.41. The monoisotopic (exact) mass is 284 g/mol. The number of benzene rings is 1. The van der Waals surface area contributed by atoms with Gasteiger partial charge >= 0.3 is 0 Å². The molecule has 2 rings (SSSR count). The minimum atomic E-state index is -0.208. The molecule has 1 amide bonds. The molecular weight excluding hydrogens is 264 g/mol. The molecule has 4 nitrogen and oxygen atoms in total. The molecule has 0 saturated carbocycles. The van der Waals surface area contributed by atoms with Crippen molar-refractivity contribution in [3.8, 4) is 5.75 Å². The van der Waals surface area contributed by atoms with Crippen LogP contribution in [0.4, 0.5) is 0 Å². The maximum Gasteiger partial charge on any atom is 0.257 e. The molecule has 0 radical (unpaired) electrons. The minimum absolute atomic E-state index is 0.0114. The van der Waals surface area contributed by atoms with Crippen molar-refractivity contribution in [1.29, 1.82) is 0 Å². The van der Waals surface area contributed by atoms with Crippen LogP contribution >= 0.6 is 0 Å². The Morgan fingerprint density at radius 3 is 2.67 bits per heavy atom. The van der Waals surface area contributed by atoms with E-state index in [0.29, 0.717) is 18.0 Å². The number of hydrogen-bond acceptors (Lipinski definition) is 3. The molecule has 0 fully saturated rings. The lowest BCUT2D eigenvalue weighted by Gasteiger charge is -2.18. The first-order chi connectivity index (χ1) is 9.99. The Labute approximate surface area is 125 Å². The first-order valence-corrected chi connectivity index (χ1v) is 6.97. The highest BCUT2D eigenvalue weighted by molar-refractivity contribution is 5.96. The van der Waals surface area contributed by atoms with Crippen molar-refractivity contribution >= 4 is 5.91 Å². The van der Waals surface area contributed by atoms with Gasteiger partial charge in [-0.3, -0.25) is 9.78 Å². The number of carbonyl (C=O) groups is 1. The van der Waals surface area contributed by atoms with Crippen LogP contribution in [0.25, 0.3) is 0 Å². The zero-order chi connectivity index (χ0) is 15.4. The van der Waals surface area contributed by atoms with Crippen molar-refractivity contribution in [2.24, 2.45) is 0 Å². The third-order valence-electron chi connectivity index (χ3n) is 3.39. The van der Waals surface area contributed by atoms with Gasteiger partial charge in [-0.1, -0.05) is 26.0 Å². The first kappa shape index (κ1) is 15.0. The molecule has 0 spiro atoms. The number of amides is 1. The van der Waals surface area contributed by atoms with E-state index >= 15 is 0 Å². The van der Waals surface area contributed by atoms with Crippen molar-refractivity contribution in [2.45, 2.75) is 26.3 Å². The minimum Gasteiger partial charge on any atom is -0.507 e. The second kappa shape index (κ2) is 6.39. The van der Waals surface area contributed by atoms with Gasteiger partial charge in [0.05, 0.1) is 17.8 Å². The van der Waals surface area contributed by atoms with Crippen molar-refractivity contribution < 1.29 is 9.90 Å². The van der Waals surface area contributed by atoms with Crippen LogP contribution in [-0.4, -0.2) is 27.9 Å². The zero-order valence-corrected chi connectivity index (χ0v) is 12.6. The summed E-state index contributed by atoms with van der Waals surface area (Å²) in [6.45, 7) is 4.52. The van der Waals surface area contributed by atoms with Gasteiger partial charge in [-0.15, -0.1) is 0 Å². The molecule has 1 heterocycles. The highest BCUT2D eigenvalue weighted by Gasteiger charge is 2.17. The van der Waals surface area contributed by atoms with Crippen LogP contribution in [0, 0.1) is 0 Å². The van der Waals surface area contributed by atoms with E-state index < -0.39 is 0 Å². The van der Waals surface area contributed by atoms with Crippen LogP contribution < -0.4 is 0 Å². The van der Waals surface area contributed by atoms with Crippen LogP contribution in [0.5, 0.6) is 5.75 Å². The van der Waals surface area contributed by atoms with Crippen molar-refractivity contribution in [2.75, 3.05) is 7.05 Å². The Bertz CT molecular complexity index is 624. The molecule has 110 valence electrons. The van der Waals surface area contributed by atoms with Crippen molar-refractivity contribution in [3.63, 3.8) is 0 Å². The summed E-state index contributed by atoms with van der Waals surface area (Å²) >= 11 is 0. The average molecular weight is 284 g/mol. The Morgan fingerprint density at radius 2 is 2.05 bits per heavy atom. The summed E-state index contributed by atoms with van der Waals surface area (Å²) in [7, 11) is 1.71. The van der Waals surface area contributed by atoms with Crippen LogP contribution in [0.2, 0.25) is 0 Å². The fourth-order valence-corrected chi connectivity index (χ4v) is 2.10. The standard InChI is InChI=1S/C17H20N2O2/c1-12(2)13-7-8-16(20)15(10-13)17(21)19(3)11-14-6-4-5-9-18-14/h4-10,12,20H,11H2,1-3H3. The lowest BCUT2D eigenvalue weighted by molar-refractivity contribution is 0.0780. The number of hydrogen-bond donors (Lipinski definition) is 1. The molecular formula is C17H20N2O2. The average Bonchev–Trinajstić information content (AvgIpc) is 2.47. The van der Waals surface area contributed by atoms with Crippen LogP contribution in [0.1, 0.15) is 41.4 Å². The molecule has 0 aliphatic heterocycles. The van der Waals surface area contributed by atoms with Gasteiger partial charge in [0, 0.05) is 13.2 Å². The molecule has 0 bridgehead atoms. The predicted octanol–water partition coefficient (Wildman–Crippen LogP) is 3.18. The summed E-state index contributed by atoms with van der Waals surface area (Å²) in [6.07, 6.45) is 1.70. The third kappa shape index (κ3) is 3.60. The van der Waals surface area contributed by atoms with Crippen molar-refractivity contribution in [1.82, 2.24) is 9.88 Å². The second-order valence-electron chi connectivity index (χ2n) is 5.41. The lowest BCUT2D eigenvalue weighted by Crippen LogP contribution is -2.26. The van der Waals surface area contributed by atoms with E-state index in [0.717, 1.165) is 11.3 Å². The van der Waals surface area contributed by atoms with E-state index in [-0.39, 0.29) is 11.7 Å². The first-order valence-electron chi connectivity index (χ1n) is 6.97. The molecule has 0 atom stereocenters. The third-order valence-corrected chi connectivity index (χ3v) is 3.39. The van der Waals surface area contributed by atoms with Gasteiger partial charge in [0.2, 0.25) is 0 Å². The van der Waals surface area contributed by atoms with Crippen LogP contribution in [0.3, 0.4) is 0 Å². The number of rotatable bonds is 4. The summed E-state index contributed by atoms with van der Waals surface area (Å²) < 4.78 is 0. The normalized spacial score (nSPS) is 10.7. The summed E-state index contributed by atoms with van der Waals surface area (Å²) in [5, 5.41) is 9.94. The quantitative estimate of drug-likeness (QED) is 0.938. The van der Waals surface area contributed by atoms with Crippen molar-refractivity contribution in [3.05, 3.63) is 59.4 Å². The Morgan fingerprint density at radius 1 is 1.29 bits per heavy atom. The zero-order valence-electron chi connectivity index (χ0n) is 12.6. The number of aromatic nitrogens is 1. The van der Waals surface area contributed by atoms with Gasteiger partial charge in [-0.05, 0) is 35.7 Å². The van der Waals surface area contributed by atoms with Gasteiger partial charge in [0.1, 0.15) is 5.75 Å². The highest BCUT2D eigenvalue weighted by Crippen LogP contribution is 2.24. The molecule has 1 aromatic carbocycles. The van der Waals surface area contributed by atoms with E-state index in [1.54, 1.807) is 30.3 Å². The largest absolute Gasteiger partial charge is 0.507 e. The number of aromatic hydroxyl groups is 1. The number of pyridine rings is 1. The Hall–Kier alpha value is -2.36. The van der Waals surface area contributed by atoms with Crippen LogP contribution in [-0.2, 0) is 6.54 Å². The van der Waals surface area contributed by atoms with E-state index in [2.05, 4.69) is 18.8 Å². The SMILES string of the molecule is CC(C)c1ccc(O)c(C(=O)N(C)Cc2ccccn2)c1. The summed E-state index contributed by atoms with van der Waals surface area (Å²) in [5.74, 6) is 0.108. The molecule has 2 aromatic rings. The topological polar surface area (TPSA) is 53.4 Å². The molecule has 21 heavy (non-hydrogen) atoms. The smallest absolute Gasteiger partial charge is 0.257 e. The fourth-order valence-electron chi connectivity index (χ4n) is 2.10. The van der Waals surface area contributed by atoms with E-state index in [1.165, 1.54) is 0 Å². The van der Waals surface area contributed by atoms with E-state index in [9.17, 15) is 9.90 Å². The summed E-state index contributed by atoms with van der Waals surface area (Å²) in [6, 6.07) is 10.8. The lowest BCUT2D eigenvalue weighted by atomic mass is 10.00. The van der Waals surface area contributed by atoms with Gasteiger partial charge in [-0.2, -0.15) is 0 Å². The predicted molar refractivity (Wildman–Crippen MR) is 82.2 cm³/mol. The Kier molecular flexibility index (Phi) is 4.58. The fraction of sp³-hybridized carbons (Fsp3) is 0.294. The molecule has 4 heteroatoms. The molecule has 0 aliphatic carbocycles. The maximum atomic E-state index is 12.5. The van der Waals surface area contributed by atoms with Crippen LogP contribution in [0.15, 0.2) is 42.6 Å².